The van der Waals surface area contributed by atoms with E-state index in [0.717, 1.165) is 11.1 Å². The average molecular weight is 520 g/mol. The molecular formula is C30H33NO7. The van der Waals surface area contributed by atoms with Gasteiger partial charge in [0, 0.05) is 0 Å². The summed E-state index contributed by atoms with van der Waals surface area (Å²) in [6.45, 7) is 5.05. The van der Waals surface area contributed by atoms with Crippen molar-refractivity contribution in [3.63, 3.8) is 0 Å². The summed E-state index contributed by atoms with van der Waals surface area (Å²) in [6.07, 6.45) is -0.796. The lowest BCUT2D eigenvalue weighted by Gasteiger charge is -2.28. The van der Waals surface area contributed by atoms with Crippen LogP contribution < -0.4 is 10.1 Å². The number of amides is 1. The number of carbonyl (C=O) groups excluding carboxylic acids is 3. The molecule has 3 aromatic carbocycles. The molecule has 8 nitrogen and oxygen atoms in total. The Kier molecular flexibility index (Phi) is 9.87. The van der Waals surface area contributed by atoms with Crippen LogP contribution in [0.25, 0.3) is 0 Å². The maximum absolute atomic E-state index is 13.4. The van der Waals surface area contributed by atoms with Crippen LogP contribution in [0.5, 0.6) is 5.75 Å². The van der Waals surface area contributed by atoms with E-state index in [4.69, 9.17) is 18.9 Å². The first-order valence-corrected chi connectivity index (χ1v) is 12.2. The minimum Gasteiger partial charge on any atom is -0.497 e. The third-order valence-electron chi connectivity index (χ3n) is 5.44. The molecule has 3 aromatic rings. The zero-order valence-corrected chi connectivity index (χ0v) is 22.0. The average Bonchev–Trinajstić information content (AvgIpc) is 2.90. The third-order valence-corrected chi connectivity index (χ3v) is 5.44. The van der Waals surface area contributed by atoms with E-state index < -0.39 is 35.6 Å². The lowest BCUT2D eigenvalue weighted by atomic mass is 9.92. The van der Waals surface area contributed by atoms with Crippen LogP contribution in [-0.2, 0) is 37.0 Å². The van der Waals surface area contributed by atoms with Gasteiger partial charge in [-0.1, -0.05) is 72.8 Å². The first kappa shape index (κ1) is 28.2. The Morgan fingerprint density at radius 3 is 1.63 bits per heavy atom. The lowest BCUT2D eigenvalue weighted by Crippen LogP contribution is -2.43. The molecule has 1 atom stereocenters. The SMILES string of the molecule is COc1ccc([C@H](NC(=O)OC(C)(C)C)C(C(=O)OCc2ccccc2)C(=O)OCc2ccccc2)cc1. The molecule has 0 bridgehead atoms. The Morgan fingerprint density at radius 2 is 1.21 bits per heavy atom. The predicted octanol–water partition coefficient (Wildman–Crippen LogP) is 5.36. The summed E-state index contributed by atoms with van der Waals surface area (Å²) in [7, 11) is 1.52. The van der Waals surface area contributed by atoms with Gasteiger partial charge in [0.05, 0.1) is 13.2 Å². The molecule has 0 fully saturated rings. The second kappa shape index (κ2) is 13.3. The summed E-state index contributed by atoms with van der Waals surface area (Å²) in [6, 6.07) is 23.7. The summed E-state index contributed by atoms with van der Waals surface area (Å²) in [5.74, 6) is -2.63. The monoisotopic (exact) mass is 519 g/mol. The van der Waals surface area contributed by atoms with E-state index in [9.17, 15) is 14.4 Å². The van der Waals surface area contributed by atoms with Gasteiger partial charge >= 0.3 is 18.0 Å². The first-order chi connectivity index (χ1) is 18.2. The molecule has 1 N–H and O–H groups in total. The van der Waals surface area contributed by atoms with Crippen LogP contribution in [0.15, 0.2) is 84.9 Å². The van der Waals surface area contributed by atoms with Gasteiger partial charge < -0.3 is 24.3 Å². The topological polar surface area (TPSA) is 100 Å². The fourth-order valence-corrected chi connectivity index (χ4v) is 3.61. The first-order valence-electron chi connectivity index (χ1n) is 12.2. The second-order valence-corrected chi connectivity index (χ2v) is 9.56. The van der Waals surface area contributed by atoms with E-state index in [1.165, 1.54) is 7.11 Å². The van der Waals surface area contributed by atoms with Gasteiger partial charge in [0.1, 0.15) is 24.6 Å². The van der Waals surface area contributed by atoms with Crippen molar-refractivity contribution < 1.29 is 33.3 Å². The summed E-state index contributed by atoms with van der Waals surface area (Å²) >= 11 is 0. The normalized spacial score (nSPS) is 11.8. The molecule has 0 saturated heterocycles. The Morgan fingerprint density at radius 1 is 0.737 bits per heavy atom. The minimum absolute atomic E-state index is 0.0517. The van der Waals surface area contributed by atoms with Crippen LogP contribution >= 0.6 is 0 Å². The predicted molar refractivity (Wildman–Crippen MR) is 141 cm³/mol. The molecular weight excluding hydrogens is 486 g/mol. The van der Waals surface area contributed by atoms with Crippen LogP contribution in [0.3, 0.4) is 0 Å². The van der Waals surface area contributed by atoms with Crippen molar-refractivity contribution in [2.24, 2.45) is 5.92 Å². The molecule has 1 amide bonds. The standard InChI is InChI=1S/C30H33NO7/c1-30(2,3)38-29(34)31-26(23-15-17-24(35-4)18-16-23)25(27(32)36-19-21-11-7-5-8-12-21)28(33)37-20-22-13-9-6-10-14-22/h5-18,25-26H,19-20H2,1-4H3,(H,31,34)/t26-/m0/s1. The fourth-order valence-electron chi connectivity index (χ4n) is 3.61. The van der Waals surface area contributed by atoms with Gasteiger partial charge in [-0.15, -0.1) is 0 Å². The molecule has 0 aliphatic carbocycles. The maximum atomic E-state index is 13.4. The molecule has 0 radical (unpaired) electrons. The molecule has 0 aliphatic rings. The van der Waals surface area contributed by atoms with Crippen molar-refractivity contribution in [2.45, 2.75) is 45.6 Å². The molecule has 0 heterocycles. The van der Waals surface area contributed by atoms with Gasteiger partial charge in [0.25, 0.3) is 0 Å². The third kappa shape index (κ3) is 8.65. The van der Waals surface area contributed by atoms with Gasteiger partial charge in [0.15, 0.2) is 5.92 Å². The number of benzene rings is 3. The highest BCUT2D eigenvalue weighted by atomic mass is 16.6. The largest absolute Gasteiger partial charge is 0.497 e. The number of carbonyl (C=O) groups is 3. The van der Waals surface area contributed by atoms with E-state index in [1.54, 1.807) is 69.3 Å². The number of ether oxygens (including phenoxy) is 4. The Balaban J connectivity index is 1.93. The second-order valence-electron chi connectivity index (χ2n) is 9.56. The van der Waals surface area contributed by atoms with Crippen LogP contribution in [0.1, 0.15) is 43.5 Å². The highest BCUT2D eigenvalue weighted by molar-refractivity contribution is 5.96. The van der Waals surface area contributed by atoms with E-state index >= 15 is 0 Å². The zero-order valence-electron chi connectivity index (χ0n) is 22.0. The molecule has 0 saturated carbocycles. The summed E-state index contributed by atoms with van der Waals surface area (Å²) in [5.41, 5.74) is 1.16. The molecule has 8 heteroatoms. The number of alkyl carbamates (subject to hydrolysis) is 1. The quantitative estimate of drug-likeness (QED) is 0.219. The van der Waals surface area contributed by atoms with Crippen LogP contribution in [-0.4, -0.2) is 30.7 Å². The van der Waals surface area contributed by atoms with Gasteiger partial charge in [-0.05, 0) is 49.6 Å². The minimum atomic E-state index is -1.51. The van der Waals surface area contributed by atoms with Crippen molar-refractivity contribution in [1.82, 2.24) is 5.32 Å². The number of esters is 2. The Labute approximate surface area is 222 Å². The van der Waals surface area contributed by atoms with Crippen molar-refractivity contribution >= 4 is 18.0 Å². The highest BCUT2D eigenvalue weighted by Gasteiger charge is 2.40. The van der Waals surface area contributed by atoms with Gasteiger partial charge in [-0.25, -0.2) is 4.79 Å². The van der Waals surface area contributed by atoms with Crippen molar-refractivity contribution in [2.75, 3.05) is 7.11 Å². The summed E-state index contributed by atoms with van der Waals surface area (Å²) in [4.78, 5) is 39.7. The van der Waals surface area contributed by atoms with E-state index in [2.05, 4.69) is 5.32 Å². The number of hydrogen-bond donors (Lipinski definition) is 1. The van der Waals surface area contributed by atoms with Gasteiger partial charge in [0.2, 0.25) is 0 Å². The van der Waals surface area contributed by atoms with Crippen LogP contribution in [0, 0.1) is 5.92 Å². The molecule has 0 unspecified atom stereocenters. The summed E-state index contributed by atoms with van der Waals surface area (Å²) < 4.78 is 21.7. The van der Waals surface area contributed by atoms with E-state index in [0.29, 0.717) is 11.3 Å². The highest BCUT2D eigenvalue weighted by Crippen LogP contribution is 2.28. The molecule has 200 valence electrons. The van der Waals surface area contributed by atoms with Crippen molar-refractivity contribution in [3.05, 3.63) is 102 Å². The Hall–Kier alpha value is -4.33. The van der Waals surface area contributed by atoms with E-state index in [1.807, 2.05) is 36.4 Å². The molecule has 38 heavy (non-hydrogen) atoms. The molecule has 0 aromatic heterocycles. The number of rotatable bonds is 10. The van der Waals surface area contributed by atoms with Crippen LogP contribution in [0.4, 0.5) is 4.79 Å². The zero-order chi connectivity index (χ0) is 27.5. The van der Waals surface area contributed by atoms with Crippen molar-refractivity contribution in [3.8, 4) is 5.75 Å². The smallest absolute Gasteiger partial charge is 0.408 e. The molecule has 3 rings (SSSR count). The van der Waals surface area contributed by atoms with Crippen LogP contribution in [0.2, 0.25) is 0 Å². The number of methoxy groups -OCH3 is 1. The molecule has 0 aliphatic heterocycles. The van der Waals surface area contributed by atoms with E-state index in [-0.39, 0.29) is 13.2 Å². The fraction of sp³-hybridized carbons (Fsp3) is 0.300. The summed E-state index contributed by atoms with van der Waals surface area (Å²) in [5, 5.41) is 2.68. The number of hydrogen-bond acceptors (Lipinski definition) is 7. The van der Waals surface area contributed by atoms with Gasteiger partial charge in [-0.3, -0.25) is 9.59 Å². The molecule has 0 spiro atoms. The Bertz CT molecular complexity index is 1130. The lowest BCUT2D eigenvalue weighted by molar-refractivity contribution is -0.165. The number of nitrogens with one attached hydrogen (secondary N) is 1. The van der Waals surface area contributed by atoms with Gasteiger partial charge in [-0.2, -0.15) is 0 Å². The van der Waals surface area contributed by atoms with Crippen molar-refractivity contribution in [1.29, 1.82) is 0 Å². The maximum Gasteiger partial charge on any atom is 0.408 e.